The molecule has 0 unspecified atom stereocenters. The smallest absolute Gasteiger partial charge is 0.312 e. The van der Waals surface area contributed by atoms with Crippen LogP contribution in [0.4, 0.5) is 4.79 Å². The molecule has 0 saturated heterocycles. The lowest BCUT2D eigenvalue weighted by atomic mass is 10.2. The Balaban J connectivity index is 2.38. The maximum absolute atomic E-state index is 11.5. The van der Waals surface area contributed by atoms with Gasteiger partial charge in [-0.05, 0) is 11.6 Å². The van der Waals surface area contributed by atoms with Gasteiger partial charge in [0.25, 0.3) is 5.91 Å². The van der Waals surface area contributed by atoms with Crippen molar-refractivity contribution in [3.63, 3.8) is 0 Å². The van der Waals surface area contributed by atoms with Gasteiger partial charge in [-0.1, -0.05) is 6.07 Å². The first-order chi connectivity index (χ1) is 8.13. The second-order valence-corrected chi connectivity index (χ2v) is 3.30. The van der Waals surface area contributed by atoms with Crippen molar-refractivity contribution in [2.75, 3.05) is 13.1 Å². The summed E-state index contributed by atoms with van der Waals surface area (Å²) in [5.41, 5.74) is 11.4. The molecule has 1 aromatic heterocycles. The van der Waals surface area contributed by atoms with E-state index in [9.17, 15) is 9.59 Å². The first kappa shape index (κ1) is 12.9. The molecular formula is C10H15N5O2. The van der Waals surface area contributed by atoms with Crippen molar-refractivity contribution in [2.45, 2.75) is 6.54 Å². The summed E-state index contributed by atoms with van der Waals surface area (Å²) in [7, 11) is 0. The third-order valence-electron chi connectivity index (χ3n) is 2.00. The fourth-order valence-electron chi connectivity index (χ4n) is 1.13. The van der Waals surface area contributed by atoms with Crippen LogP contribution in [0.15, 0.2) is 18.3 Å². The topological polar surface area (TPSA) is 123 Å². The standard InChI is InChI=1S/C10H15N5O2/c11-5-7-1-2-8(15-6-7)9(16)13-3-4-14-10(12)17/h1-2,6H,3-5,11H2,(H,13,16)(H3,12,14,17). The predicted molar refractivity (Wildman–Crippen MR) is 62.0 cm³/mol. The largest absolute Gasteiger partial charge is 0.352 e. The lowest BCUT2D eigenvalue weighted by molar-refractivity contribution is 0.0949. The number of carbonyl (C=O) groups excluding carboxylic acids is 2. The number of nitrogens with two attached hydrogens (primary N) is 2. The number of pyridine rings is 1. The van der Waals surface area contributed by atoms with Crippen LogP contribution in [-0.4, -0.2) is 30.0 Å². The molecule has 7 nitrogen and oxygen atoms in total. The van der Waals surface area contributed by atoms with Gasteiger partial charge in [0.1, 0.15) is 5.69 Å². The number of aromatic nitrogens is 1. The van der Waals surface area contributed by atoms with Gasteiger partial charge in [0.2, 0.25) is 0 Å². The fraction of sp³-hybridized carbons (Fsp3) is 0.300. The highest BCUT2D eigenvalue weighted by molar-refractivity contribution is 5.92. The first-order valence-electron chi connectivity index (χ1n) is 5.10. The summed E-state index contributed by atoms with van der Waals surface area (Å²) in [5, 5.41) is 4.95. The van der Waals surface area contributed by atoms with E-state index in [1.54, 1.807) is 18.3 Å². The lowest BCUT2D eigenvalue weighted by Crippen LogP contribution is -2.37. The van der Waals surface area contributed by atoms with Crippen LogP contribution in [0.5, 0.6) is 0 Å². The summed E-state index contributed by atoms with van der Waals surface area (Å²) < 4.78 is 0. The molecule has 1 heterocycles. The predicted octanol–water partition coefficient (Wildman–Crippen LogP) is -1.06. The van der Waals surface area contributed by atoms with Crippen LogP contribution >= 0.6 is 0 Å². The minimum absolute atomic E-state index is 0.280. The summed E-state index contributed by atoms with van der Waals surface area (Å²) in [6.45, 7) is 0.960. The second-order valence-electron chi connectivity index (χ2n) is 3.30. The zero-order valence-electron chi connectivity index (χ0n) is 9.27. The first-order valence-corrected chi connectivity index (χ1v) is 5.10. The molecule has 0 aliphatic carbocycles. The van der Waals surface area contributed by atoms with Gasteiger partial charge in [-0.15, -0.1) is 0 Å². The highest BCUT2D eigenvalue weighted by Gasteiger charge is 2.05. The highest BCUT2D eigenvalue weighted by Crippen LogP contribution is 1.98. The number of carbonyl (C=O) groups is 2. The quantitative estimate of drug-likeness (QED) is 0.487. The summed E-state index contributed by atoms with van der Waals surface area (Å²) in [6.07, 6.45) is 1.55. The Labute approximate surface area is 98.6 Å². The molecule has 0 aliphatic heterocycles. The van der Waals surface area contributed by atoms with E-state index < -0.39 is 6.03 Å². The minimum Gasteiger partial charge on any atom is -0.352 e. The van der Waals surface area contributed by atoms with Crippen molar-refractivity contribution in [3.8, 4) is 0 Å². The van der Waals surface area contributed by atoms with Crippen molar-refractivity contribution in [1.29, 1.82) is 0 Å². The Morgan fingerprint density at radius 1 is 1.24 bits per heavy atom. The Bertz CT molecular complexity index is 390. The van der Waals surface area contributed by atoms with Gasteiger partial charge in [-0.2, -0.15) is 0 Å². The number of nitrogens with zero attached hydrogens (tertiary/aromatic N) is 1. The van der Waals surface area contributed by atoms with E-state index >= 15 is 0 Å². The normalized spacial score (nSPS) is 9.71. The lowest BCUT2D eigenvalue weighted by Gasteiger charge is -2.05. The van der Waals surface area contributed by atoms with Crippen LogP contribution in [0.1, 0.15) is 16.1 Å². The molecule has 0 spiro atoms. The molecule has 0 radical (unpaired) electrons. The van der Waals surface area contributed by atoms with E-state index in [1.807, 2.05) is 0 Å². The number of hydrogen-bond acceptors (Lipinski definition) is 4. The van der Waals surface area contributed by atoms with Crippen LogP contribution in [0, 0.1) is 0 Å². The summed E-state index contributed by atoms with van der Waals surface area (Å²) >= 11 is 0. The van der Waals surface area contributed by atoms with Crippen molar-refractivity contribution >= 4 is 11.9 Å². The molecule has 1 rings (SSSR count). The van der Waals surface area contributed by atoms with Gasteiger partial charge in [-0.3, -0.25) is 9.78 Å². The van der Waals surface area contributed by atoms with E-state index in [0.29, 0.717) is 18.8 Å². The van der Waals surface area contributed by atoms with Crippen molar-refractivity contribution < 1.29 is 9.59 Å². The van der Waals surface area contributed by atoms with Gasteiger partial charge in [0.05, 0.1) is 0 Å². The van der Waals surface area contributed by atoms with Gasteiger partial charge in [-0.25, -0.2) is 4.79 Å². The van der Waals surface area contributed by atoms with E-state index in [2.05, 4.69) is 15.6 Å². The molecule has 3 amide bonds. The molecule has 1 aromatic rings. The van der Waals surface area contributed by atoms with Crippen molar-refractivity contribution in [3.05, 3.63) is 29.6 Å². The number of primary amides is 1. The Hall–Kier alpha value is -2.15. The molecular weight excluding hydrogens is 222 g/mol. The molecule has 0 aliphatic rings. The number of hydrogen-bond donors (Lipinski definition) is 4. The number of rotatable bonds is 5. The van der Waals surface area contributed by atoms with Crippen LogP contribution in [0.2, 0.25) is 0 Å². The van der Waals surface area contributed by atoms with Crippen LogP contribution in [-0.2, 0) is 6.54 Å². The summed E-state index contributed by atoms with van der Waals surface area (Å²) in [6, 6.07) is 2.72. The Morgan fingerprint density at radius 3 is 2.47 bits per heavy atom. The molecule has 0 fully saturated rings. The average Bonchev–Trinajstić information content (AvgIpc) is 2.34. The van der Waals surface area contributed by atoms with Gasteiger partial charge < -0.3 is 22.1 Å². The fourth-order valence-corrected chi connectivity index (χ4v) is 1.13. The molecule has 0 atom stereocenters. The maximum Gasteiger partial charge on any atom is 0.312 e. The van der Waals surface area contributed by atoms with Crippen LogP contribution in [0.3, 0.4) is 0 Å². The monoisotopic (exact) mass is 237 g/mol. The van der Waals surface area contributed by atoms with Gasteiger partial charge in [0.15, 0.2) is 0 Å². The Morgan fingerprint density at radius 2 is 1.94 bits per heavy atom. The molecule has 6 N–H and O–H groups in total. The highest BCUT2D eigenvalue weighted by atomic mass is 16.2. The summed E-state index contributed by atoms with van der Waals surface area (Å²) in [5.74, 6) is -0.306. The molecule has 7 heteroatoms. The van der Waals surface area contributed by atoms with E-state index in [0.717, 1.165) is 5.56 Å². The molecule has 92 valence electrons. The number of amides is 3. The zero-order valence-corrected chi connectivity index (χ0v) is 9.27. The average molecular weight is 237 g/mol. The second kappa shape index (κ2) is 6.44. The minimum atomic E-state index is -0.621. The van der Waals surface area contributed by atoms with E-state index in [4.69, 9.17) is 11.5 Å². The number of nitrogens with one attached hydrogen (secondary N) is 2. The molecule has 0 saturated carbocycles. The maximum atomic E-state index is 11.5. The third-order valence-corrected chi connectivity index (χ3v) is 2.00. The number of urea groups is 1. The van der Waals surface area contributed by atoms with E-state index in [1.165, 1.54) is 0 Å². The van der Waals surface area contributed by atoms with Gasteiger partial charge >= 0.3 is 6.03 Å². The Kier molecular flexibility index (Phi) is 4.89. The van der Waals surface area contributed by atoms with Crippen LogP contribution < -0.4 is 22.1 Å². The molecule has 0 aromatic carbocycles. The van der Waals surface area contributed by atoms with Gasteiger partial charge in [0, 0.05) is 25.8 Å². The molecule has 0 bridgehead atoms. The SMILES string of the molecule is NCc1ccc(C(=O)NCCNC(N)=O)nc1. The van der Waals surface area contributed by atoms with Crippen LogP contribution in [0.25, 0.3) is 0 Å². The third kappa shape index (κ3) is 4.47. The molecule has 17 heavy (non-hydrogen) atoms. The van der Waals surface area contributed by atoms with Crippen molar-refractivity contribution in [2.24, 2.45) is 11.5 Å². The summed E-state index contributed by atoms with van der Waals surface area (Å²) in [4.78, 5) is 25.9. The zero-order chi connectivity index (χ0) is 12.7. The van der Waals surface area contributed by atoms with Crippen molar-refractivity contribution in [1.82, 2.24) is 15.6 Å². The van der Waals surface area contributed by atoms with E-state index in [-0.39, 0.29) is 12.5 Å².